The Morgan fingerprint density at radius 2 is 2.00 bits per heavy atom. The third-order valence-electron chi connectivity index (χ3n) is 2.73. The van der Waals surface area contributed by atoms with Crippen molar-refractivity contribution < 1.29 is 14.3 Å². The lowest BCUT2D eigenvalue weighted by atomic mass is 10.1. The van der Waals surface area contributed by atoms with Crippen LogP contribution in [-0.2, 0) is 0 Å². The summed E-state index contributed by atoms with van der Waals surface area (Å²) in [6, 6.07) is 8.26. The first-order chi connectivity index (χ1) is 8.97. The molecule has 0 bridgehead atoms. The highest BCUT2D eigenvalue weighted by Gasteiger charge is 2.10. The second-order valence-corrected chi connectivity index (χ2v) is 4.19. The van der Waals surface area contributed by atoms with Gasteiger partial charge in [0, 0.05) is 5.56 Å². The highest BCUT2D eigenvalue weighted by molar-refractivity contribution is 6.06. The maximum atomic E-state index is 13.1. The predicted octanol–water partition coefficient (Wildman–Crippen LogP) is 2.67. The van der Waals surface area contributed by atoms with Crippen molar-refractivity contribution in [1.82, 2.24) is 0 Å². The van der Waals surface area contributed by atoms with Crippen LogP contribution in [0.2, 0.25) is 0 Å². The monoisotopic (exact) mass is 260 g/mol. The van der Waals surface area contributed by atoms with Gasteiger partial charge in [0.05, 0.1) is 11.4 Å². The van der Waals surface area contributed by atoms with Gasteiger partial charge in [-0.1, -0.05) is 6.07 Å². The number of anilines is 2. The van der Waals surface area contributed by atoms with Crippen LogP contribution in [0.4, 0.5) is 15.8 Å². The van der Waals surface area contributed by atoms with Crippen LogP contribution in [0.3, 0.4) is 0 Å². The Hall–Kier alpha value is -2.56. The number of carbonyl (C=O) groups is 1. The van der Waals surface area contributed by atoms with E-state index in [0.717, 1.165) is 6.07 Å². The van der Waals surface area contributed by atoms with Crippen LogP contribution in [0.5, 0.6) is 5.75 Å². The fourth-order valence-corrected chi connectivity index (χ4v) is 1.58. The van der Waals surface area contributed by atoms with E-state index in [1.165, 1.54) is 18.2 Å². The molecule has 0 saturated carbocycles. The number of hydrogen-bond donors (Lipinski definition) is 3. The molecule has 4 nitrogen and oxygen atoms in total. The van der Waals surface area contributed by atoms with Gasteiger partial charge in [0.1, 0.15) is 11.6 Å². The summed E-state index contributed by atoms with van der Waals surface area (Å²) in [5.41, 5.74) is 7.05. The molecule has 19 heavy (non-hydrogen) atoms. The van der Waals surface area contributed by atoms with Crippen LogP contribution in [0, 0.1) is 12.7 Å². The first kappa shape index (κ1) is 12.9. The van der Waals surface area contributed by atoms with Crippen LogP contribution in [0.15, 0.2) is 36.4 Å². The molecule has 0 spiro atoms. The van der Waals surface area contributed by atoms with E-state index in [2.05, 4.69) is 5.32 Å². The van der Waals surface area contributed by atoms with Gasteiger partial charge in [0.2, 0.25) is 0 Å². The molecular weight excluding hydrogens is 247 g/mol. The average Bonchev–Trinajstić information content (AvgIpc) is 2.37. The van der Waals surface area contributed by atoms with Gasteiger partial charge in [-0.15, -0.1) is 0 Å². The summed E-state index contributed by atoms with van der Waals surface area (Å²) in [5.74, 6) is -0.927. The summed E-state index contributed by atoms with van der Waals surface area (Å²) in [7, 11) is 0. The summed E-state index contributed by atoms with van der Waals surface area (Å²) >= 11 is 0. The molecule has 0 heterocycles. The van der Waals surface area contributed by atoms with E-state index in [-0.39, 0.29) is 22.7 Å². The number of hydrogen-bond acceptors (Lipinski definition) is 3. The second kappa shape index (κ2) is 4.97. The van der Waals surface area contributed by atoms with Gasteiger partial charge in [0.25, 0.3) is 5.91 Å². The number of phenolic OH excluding ortho intramolecular Hbond substituents is 1. The first-order valence-electron chi connectivity index (χ1n) is 5.63. The van der Waals surface area contributed by atoms with Gasteiger partial charge >= 0.3 is 0 Å². The number of aromatic hydroxyl groups is 1. The lowest BCUT2D eigenvalue weighted by Gasteiger charge is -2.09. The Labute approximate surface area is 109 Å². The van der Waals surface area contributed by atoms with Crippen molar-refractivity contribution in [1.29, 1.82) is 0 Å². The number of phenols is 1. The van der Waals surface area contributed by atoms with Crippen LogP contribution in [0.1, 0.15) is 15.9 Å². The summed E-state index contributed by atoms with van der Waals surface area (Å²) in [6.07, 6.45) is 0. The van der Waals surface area contributed by atoms with Gasteiger partial charge in [-0.05, 0) is 42.8 Å². The van der Waals surface area contributed by atoms with E-state index in [1.54, 1.807) is 19.1 Å². The molecule has 4 N–H and O–H groups in total. The average molecular weight is 260 g/mol. The maximum absolute atomic E-state index is 13.1. The van der Waals surface area contributed by atoms with Crippen LogP contribution >= 0.6 is 0 Å². The molecule has 0 atom stereocenters. The predicted molar refractivity (Wildman–Crippen MR) is 71.6 cm³/mol. The van der Waals surface area contributed by atoms with Crippen molar-refractivity contribution in [3.63, 3.8) is 0 Å². The molecule has 2 aromatic carbocycles. The highest BCUT2D eigenvalue weighted by atomic mass is 19.1. The molecule has 0 radical (unpaired) electrons. The van der Waals surface area contributed by atoms with Crippen molar-refractivity contribution in [2.45, 2.75) is 6.92 Å². The third kappa shape index (κ3) is 2.82. The van der Waals surface area contributed by atoms with E-state index in [1.807, 2.05) is 0 Å². The van der Waals surface area contributed by atoms with Gasteiger partial charge < -0.3 is 16.2 Å². The molecule has 0 saturated heterocycles. The zero-order valence-corrected chi connectivity index (χ0v) is 10.3. The van der Waals surface area contributed by atoms with E-state index in [0.29, 0.717) is 5.56 Å². The molecule has 2 aromatic rings. The smallest absolute Gasteiger partial charge is 0.255 e. The number of carbonyl (C=O) groups excluding carboxylic acids is 1. The van der Waals surface area contributed by atoms with E-state index >= 15 is 0 Å². The number of nitrogen functional groups attached to an aromatic ring is 1. The number of aryl methyl sites for hydroxylation is 1. The van der Waals surface area contributed by atoms with Crippen LogP contribution in [0.25, 0.3) is 0 Å². The lowest BCUT2D eigenvalue weighted by Crippen LogP contribution is -2.13. The Balaban J connectivity index is 2.25. The van der Waals surface area contributed by atoms with Crippen molar-refractivity contribution >= 4 is 17.3 Å². The fourth-order valence-electron chi connectivity index (χ4n) is 1.58. The van der Waals surface area contributed by atoms with Crippen LogP contribution in [-0.4, -0.2) is 11.0 Å². The number of rotatable bonds is 2. The van der Waals surface area contributed by atoms with Crippen LogP contribution < -0.4 is 11.1 Å². The summed E-state index contributed by atoms with van der Waals surface area (Å²) in [5, 5.41) is 12.0. The lowest BCUT2D eigenvalue weighted by molar-refractivity contribution is 0.102. The summed E-state index contributed by atoms with van der Waals surface area (Å²) in [6.45, 7) is 1.72. The minimum Gasteiger partial charge on any atom is -0.508 e. The van der Waals surface area contributed by atoms with Crippen molar-refractivity contribution in [3.05, 3.63) is 53.3 Å². The molecule has 0 unspecified atom stereocenters. The number of amides is 1. The molecule has 0 aliphatic rings. The SMILES string of the molecule is Cc1ccc(C(=O)Nc2cc(F)ccc2N)cc1O. The maximum Gasteiger partial charge on any atom is 0.255 e. The molecular formula is C14H13FN2O2. The molecule has 0 aromatic heterocycles. The second-order valence-electron chi connectivity index (χ2n) is 4.19. The number of nitrogens with two attached hydrogens (primary N) is 1. The standard InChI is InChI=1S/C14H13FN2O2/c1-8-2-3-9(6-13(8)18)14(19)17-12-7-10(15)4-5-11(12)16/h2-7,18H,16H2,1H3,(H,17,19). The molecule has 5 heteroatoms. The Morgan fingerprint density at radius 3 is 2.68 bits per heavy atom. The summed E-state index contributed by atoms with van der Waals surface area (Å²) in [4.78, 5) is 11.9. The molecule has 0 aliphatic carbocycles. The normalized spacial score (nSPS) is 10.2. The third-order valence-corrected chi connectivity index (χ3v) is 2.73. The largest absolute Gasteiger partial charge is 0.508 e. The van der Waals surface area contributed by atoms with Crippen molar-refractivity contribution in [2.75, 3.05) is 11.1 Å². The fraction of sp³-hybridized carbons (Fsp3) is 0.0714. The topological polar surface area (TPSA) is 75.4 Å². The van der Waals surface area contributed by atoms with Gasteiger partial charge in [0.15, 0.2) is 0 Å². The number of halogens is 1. The van der Waals surface area contributed by atoms with E-state index in [4.69, 9.17) is 5.73 Å². The van der Waals surface area contributed by atoms with Crippen molar-refractivity contribution in [2.24, 2.45) is 0 Å². The van der Waals surface area contributed by atoms with E-state index < -0.39 is 11.7 Å². The summed E-state index contributed by atoms with van der Waals surface area (Å²) < 4.78 is 13.1. The van der Waals surface area contributed by atoms with Gasteiger partial charge in [-0.2, -0.15) is 0 Å². The molecule has 2 rings (SSSR count). The van der Waals surface area contributed by atoms with Gasteiger partial charge in [-0.3, -0.25) is 4.79 Å². The Kier molecular flexibility index (Phi) is 3.37. The first-order valence-corrected chi connectivity index (χ1v) is 5.63. The molecule has 98 valence electrons. The molecule has 1 amide bonds. The Bertz CT molecular complexity index is 641. The highest BCUT2D eigenvalue weighted by Crippen LogP contribution is 2.22. The minimum absolute atomic E-state index is 0.0277. The van der Waals surface area contributed by atoms with Gasteiger partial charge in [-0.25, -0.2) is 4.39 Å². The number of nitrogens with one attached hydrogen (secondary N) is 1. The number of benzene rings is 2. The Morgan fingerprint density at radius 1 is 1.26 bits per heavy atom. The van der Waals surface area contributed by atoms with E-state index in [9.17, 15) is 14.3 Å². The zero-order valence-electron chi connectivity index (χ0n) is 10.3. The minimum atomic E-state index is -0.490. The van der Waals surface area contributed by atoms with Crippen molar-refractivity contribution in [3.8, 4) is 5.75 Å². The molecule has 0 fully saturated rings. The zero-order chi connectivity index (χ0) is 14.0. The molecule has 0 aliphatic heterocycles. The quantitative estimate of drug-likeness (QED) is 0.727.